The molecule has 0 unspecified atom stereocenters. The molecule has 10 nitrogen and oxygen atoms in total. The van der Waals surface area contributed by atoms with Gasteiger partial charge in [0.25, 0.3) is 20.2 Å². The van der Waals surface area contributed by atoms with Gasteiger partial charge in [0.2, 0.25) is 0 Å². The number of carbonyl (C=O) groups is 2. The molecule has 0 amide bonds. The number of hydrogen-bond donors (Lipinski definition) is 2. The molecule has 4 rings (SSSR count). The number of rotatable bonds is 4. The van der Waals surface area contributed by atoms with E-state index in [4.69, 9.17) is 9.47 Å². The van der Waals surface area contributed by atoms with Crippen LogP contribution in [0.25, 0.3) is 32.3 Å². The van der Waals surface area contributed by atoms with Gasteiger partial charge in [0.15, 0.2) is 0 Å². The van der Waals surface area contributed by atoms with Gasteiger partial charge in [-0.2, -0.15) is 16.8 Å². The second kappa shape index (κ2) is 8.47. The molecule has 168 valence electrons. The Morgan fingerprint density at radius 1 is 0.667 bits per heavy atom. The fourth-order valence-corrected chi connectivity index (χ4v) is 5.28. The van der Waals surface area contributed by atoms with Crippen molar-refractivity contribution >= 4 is 94.0 Å². The van der Waals surface area contributed by atoms with Crippen LogP contribution in [-0.2, 0) is 29.8 Å². The topological polar surface area (TPSA) is 161 Å². The molecule has 0 bridgehead atoms. The molecule has 2 N–H and O–H groups in total. The van der Waals surface area contributed by atoms with E-state index in [0.29, 0.717) is 6.07 Å². The van der Waals surface area contributed by atoms with E-state index in [1.165, 1.54) is 30.3 Å². The summed E-state index contributed by atoms with van der Waals surface area (Å²) in [4.78, 5) is 21.7. The first-order valence-corrected chi connectivity index (χ1v) is 11.8. The third-order valence-corrected chi connectivity index (χ3v) is 6.60. The van der Waals surface area contributed by atoms with Crippen LogP contribution in [0.3, 0.4) is 0 Å². The number of esters is 2. The molecule has 0 atom stereocenters. The molecule has 13 heteroatoms. The summed E-state index contributed by atoms with van der Waals surface area (Å²) in [6.07, 6.45) is 0. The molecule has 0 fully saturated rings. The Morgan fingerprint density at radius 3 is 1.33 bits per heavy atom. The Balaban J connectivity index is 0.00000306. The number of carbonyl (C=O) groups excluding carboxylic acids is 2. The van der Waals surface area contributed by atoms with E-state index >= 15 is 0 Å². The minimum absolute atomic E-state index is 0. The fourth-order valence-electron chi connectivity index (χ4n) is 3.77. The number of benzene rings is 4. The van der Waals surface area contributed by atoms with E-state index in [1.54, 1.807) is 0 Å². The number of ether oxygens (including phenoxy) is 2. The molecule has 4 aromatic rings. The molecule has 0 aliphatic carbocycles. The van der Waals surface area contributed by atoms with Crippen molar-refractivity contribution in [3.63, 3.8) is 0 Å². The van der Waals surface area contributed by atoms with E-state index in [0.717, 1.165) is 13.8 Å². The van der Waals surface area contributed by atoms with E-state index in [2.05, 4.69) is 0 Å². The zero-order chi connectivity index (χ0) is 23.6. The standard InChI is InChI=1S/C20H14O10S2.Na.H/c1-9(21)29-15-7-16(30-10(2)22)12-4-6-14-18(32(26,27)28)8-17(31(23,24)25)13-5-3-11(15)19(12)20(13)14;;/h3-8H,1-2H3,(H,23,24,25)(H,26,27,28);;. The first-order chi connectivity index (χ1) is 14.8. The van der Waals surface area contributed by atoms with Gasteiger partial charge in [-0.15, -0.1) is 0 Å². The van der Waals surface area contributed by atoms with Gasteiger partial charge in [-0.1, -0.05) is 12.1 Å². The Bertz CT molecular complexity index is 1560. The number of hydrogen-bond acceptors (Lipinski definition) is 8. The van der Waals surface area contributed by atoms with Gasteiger partial charge in [-0.25, -0.2) is 0 Å². The van der Waals surface area contributed by atoms with Crippen LogP contribution >= 0.6 is 0 Å². The normalized spacial score (nSPS) is 12.1. The van der Waals surface area contributed by atoms with Crippen molar-refractivity contribution in [1.29, 1.82) is 0 Å². The Morgan fingerprint density at radius 2 is 1.00 bits per heavy atom. The molecule has 0 saturated carbocycles. The van der Waals surface area contributed by atoms with Crippen molar-refractivity contribution in [1.82, 2.24) is 0 Å². The molecule has 0 radical (unpaired) electrons. The van der Waals surface area contributed by atoms with Gasteiger partial charge in [-0.3, -0.25) is 18.7 Å². The first-order valence-electron chi connectivity index (χ1n) is 8.89. The van der Waals surface area contributed by atoms with Gasteiger partial charge in [0.1, 0.15) is 21.3 Å². The van der Waals surface area contributed by atoms with E-state index in [1.807, 2.05) is 0 Å². The summed E-state index contributed by atoms with van der Waals surface area (Å²) < 4.78 is 78.0. The molecule has 4 aromatic carbocycles. The molecule has 0 heterocycles. The van der Waals surface area contributed by atoms with Crippen molar-refractivity contribution in [2.24, 2.45) is 0 Å². The average Bonchev–Trinajstić information content (AvgIpc) is 2.64. The quantitative estimate of drug-likeness (QED) is 0.139. The molecular weight excluding hydrogens is 487 g/mol. The second-order valence-electron chi connectivity index (χ2n) is 6.95. The zero-order valence-electron chi connectivity index (χ0n) is 16.4. The van der Waals surface area contributed by atoms with Crippen molar-refractivity contribution in [2.45, 2.75) is 23.6 Å². The summed E-state index contributed by atoms with van der Waals surface area (Å²) in [6, 6.07) is 7.41. The maximum atomic E-state index is 12.0. The van der Waals surface area contributed by atoms with Crippen LogP contribution < -0.4 is 9.47 Å². The Kier molecular flexibility index (Phi) is 6.50. The summed E-state index contributed by atoms with van der Waals surface area (Å²) in [5, 5.41) is 0.676. The van der Waals surface area contributed by atoms with Crippen LogP contribution in [0, 0.1) is 0 Å². The van der Waals surface area contributed by atoms with Crippen LogP contribution in [0.2, 0.25) is 0 Å². The second-order valence-corrected chi connectivity index (χ2v) is 9.73. The predicted octanol–water partition coefficient (Wildman–Crippen LogP) is 2.28. The van der Waals surface area contributed by atoms with Crippen molar-refractivity contribution in [2.75, 3.05) is 0 Å². The minimum atomic E-state index is -4.91. The summed E-state index contributed by atoms with van der Waals surface area (Å²) in [5.41, 5.74) is 0. The van der Waals surface area contributed by atoms with Crippen molar-refractivity contribution in [3.05, 3.63) is 36.4 Å². The molecule has 33 heavy (non-hydrogen) atoms. The van der Waals surface area contributed by atoms with Gasteiger partial charge in [-0.05, 0) is 18.2 Å². The Hall–Kier alpha value is -2.32. The molecule has 0 aliphatic rings. The third-order valence-electron chi connectivity index (χ3n) is 4.81. The van der Waals surface area contributed by atoms with Crippen LogP contribution in [0.5, 0.6) is 11.5 Å². The molecule has 0 aromatic heterocycles. The first kappa shape index (κ1) is 25.3. The van der Waals surface area contributed by atoms with Crippen molar-refractivity contribution in [3.8, 4) is 11.5 Å². The van der Waals surface area contributed by atoms with Gasteiger partial charge >= 0.3 is 41.5 Å². The monoisotopic (exact) mass is 502 g/mol. The van der Waals surface area contributed by atoms with E-state index in [-0.39, 0.29) is 73.4 Å². The van der Waals surface area contributed by atoms with E-state index < -0.39 is 42.0 Å². The van der Waals surface area contributed by atoms with Gasteiger partial charge < -0.3 is 9.47 Å². The Labute approximate surface area is 209 Å². The van der Waals surface area contributed by atoms with Crippen LogP contribution in [0.1, 0.15) is 13.8 Å². The molecule has 0 aliphatic heterocycles. The summed E-state index contributed by atoms with van der Waals surface area (Å²) in [6.45, 7) is 2.30. The SMILES string of the molecule is CC(=O)Oc1cc(OC(C)=O)c2ccc3c(S(=O)(=O)O)cc(S(=O)(=O)O)c4ccc1c2c43.[NaH]. The summed E-state index contributed by atoms with van der Waals surface area (Å²) in [5.74, 6) is -1.43. The predicted molar refractivity (Wildman–Crippen MR) is 120 cm³/mol. The van der Waals surface area contributed by atoms with Crippen LogP contribution in [0.15, 0.2) is 46.2 Å². The van der Waals surface area contributed by atoms with Crippen molar-refractivity contribution < 1.29 is 45.0 Å². The molecule has 0 spiro atoms. The maximum absolute atomic E-state index is 12.0. The fraction of sp³-hybridized carbons (Fsp3) is 0.100. The van der Waals surface area contributed by atoms with Crippen LogP contribution in [0.4, 0.5) is 0 Å². The van der Waals surface area contributed by atoms with Crippen LogP contribution in [-0.4, -0.2) is 67.4 Å². The molecular formula is C20H15NaO10S2. The average molecular weight is 502 g/mol. The van der Waals surface area contributed by atoms with E-state index in [9.17, 15) is 35.5 Å². The third kappa shape index (κ3) is 4.43. The van der Waals surface area contributed by atoms with Gasteiger partial charge in [0.05, 0.1) is 0 Å². The summed E-state index contributed by atoms with van der Waals surface area (Å²) in [7, 11) is -9.83. The summed E-state index contributed by atoms with van der Waals surface area (Å²) >= 11 is 0. The van der Waals surface area contributed by atoms with Gasteiger partial charge in [0, 0.05) is 52.2 Å². The molecule has 0 saturated heterocycles. The zero-order valence-corrected chi connectivity index (χ0v) is 18.1.